The standard InChI is InChI=1S/C14H18N2O2S/c1-10-11(2)19-14(17)16(10)8-3-9-18-13-6-4-12(15)5-7-13/h4-7H,3,8-9,15H2,1-2H3. The van der Waals surface area contributed by atoms with Crippen LogP contribution >= 0.6 is 11.3 Å². The second-order valence-electron chi connectivity index (χ2n) is 4.43. The summed E-state index contributed by atoms with van der Waals surface area (Å²) >= 11 is 1.30. The van der Waals surface area contributed by atoms with E-state index in [0.717, 1.165) is 28.4 Å². The van der Waals surface area contributed by atoms with E-state index in [0.29, 0.717) is 13.2 Å². The first-order valence-electron chi connectivity index (χ1n) is 6.23. The second kappa shape index (κ2) is 5.93. The van der Waals surface area contributed by atoms with Gasteiger partial charge in [-0.2, -0.15) is 0 Å². The van der Waals surface area contributed by atoms with Crippen molar-refractivity contribution < 1.29 is 4.74 Å². The molecule has 0 aliphatic rings. The lowest BCUT2D eigenvalue weighted by Gasteiger charge is -2.07. The van der Waals surface area contributed by atoms with Crippen LogP contribution in [0.2, 0.25) is 0 Å². The summed E-state index contributed by atoms with van der Waals surface area (Å²) in [4.78, 5) is 12.9. The van der Waals surface area contributed by atoms with Gasteiger partial charge in [0, 0.05) is 22.8 Å². The Morgan fingerprint density at radius 2 is 1.95 bits per heavy atom. The molecule has 2 N–H and O–H groups in total. The lowest BCUT2D eigenvalue weighted by Crippen LogP contribution is -2.16. The third kappa shape index (κ3) is 3.38. The van der Waals surface area contributed by atoms with Crippen molar-refractivity contribution >= 4 is 17.0 Å². The van der Waals surface area contributed by atoms with Crippen molar-refractivity contribution in [1.29, 1.82) is 0 Å². The van der Waals surface area contributed by atoms with Gasteiger partial charge in [0.1, 0.15) is 5.75 Å². The van der Waals surface area contributed by atoms with Crippen LogP contribution in [0.15, 0.2) is 29.1 Å². The summed E-state index contributed by atoms with van der Waals surface area (Å²) in [6.07, 6.45) is 0.807. The summed E-state index contributed by atoms with van der Waals surface area (Å²) in [6, 6.07) is 7.32. The van der Waals surface area contributed by atoms with Gasteiger partial charge in [0.2, 0.25) is 0 Å². The van der Waals surface area contributed by atoms with E-state index in [2.05, 4.69) is 0 Å². The van der Waals surface area contributed by atoms with Gasteiger partial charge in [0.05, 0.1) is 6.61 Å². The largest absolute Gasteiger partial charge is 0.494 e. The van der Waals surface area contributed by atoms with Gasteiger partial charge in [-0.3, -0.25) is 4.79 Å². The van der Waals surface area contributed by atoms with Gasteiger partial charge in [-0.15, -0.1) is 0 Å². The molecule has 4 nitrogen and oxygen atoms in total. The molecule has 0 fully saturated rings. The molecule has 0 unspecified atom stereocenters. The lowest BCUT2D eigenvalue weighted by molar-refractivity contribution is 0.301. The average molecular weight is 278 g/mol. The predicted molar refractivity (Wildman–Crippen MR) is 79.0 cm³/mol. The molecule has 5 heteroatoms. The molecule has 0 aliphatic heterocycles. The minimum atomic E-state index is 0.113. The molecule has 2 aromatic rings. The Bertz CT molecular complexity index is 599. The number of ether oxygens (including phenoxy) is 1. The van der Waals surface area contributed by atoms with E-state index in [1.165, 1.54) is 11.3 Å². The third-order valence-corrected chi connectivity index (χ3v) is 4.05. The molecule has 0 saturated carbocycles. The first-order valence-corrected chi connectivity index (χ1v) is 7.05. The van der Waals surface area contributed by atoms with Crippen LogP contribution in [0.1, 0.15) is 17.0 Å². The zero-order valence-corrected chi connectivity index (χ0v) is 12.0. The Morgan fingerprint density at radius 3 is 2.53 bits per heavy atom. The van der Waals surface area contributed by atoms with Gasteiger partial charge in [-0.25, -0.2) is 0 Å². The molecule has 0 amide bonds. The number of hydrogen-bond donors (Lipinski definition) is 1. The number of aryl methyl sites for hydroxylation is 1. The van der Waals surface area contributed by atoms with Crippen molar-refractivity contribution in [3.8, 4) is 5.75 Å². The van der Waals surface area contributed by atoms with E-state index >= 15 is 0 Å². The summed E-state index contributed by atoms with van der Waals surface area (Å²) in [6.45, 7) is 5.24. The SMILES string of the molecule is Cc1sc(=O)n(CCCOc2ccc(N)cc2)c1C. The molecule has 0 radical (unpaired) electrons. The fourth-order valence-electron chi connectivity index (χ4n) is 1.82. The number of nitrogen functional groups attached to an aromatic ring is 1. The molecule has 0 bridgehead atoms. The Balaban J connectivity index is 1.84. The van der Waals surface area contributed by atoms with Crippen LogP contribution in [0.3, 0.4) is 0 Å². The molecule has 0 saturated heterocycles. The Labute approximate surface area is 116 Å². The number of anilines is 1. The molecular formula is C14H18N2O2S. The maximum atomic E-state index is 11.7. The fourth-order valence-corrected chi connectivity index (χ4v) is 2.68. The van der Waals surface area contributed by atoms with Crippen molar-refractivity contribution in [3.63, 3.8) is 0 Å². The highest BCUT2D eigenvalue weighted by Gasteiger charge is 2.06. The number of hydrogen-bond acceptors (Lipinski definition) is 4. The van der Waals surface area contributed by atoms with Crippen LogP contribution in [0.25, 0.3) is 0 Å². The molecule has 19 heavy (non-hydrogen) atoms. The first-order chi connectivity index (χ1) is 9.08. The van der Waals surface area contributed by atoms with Crippen molar-refractivity contribution in [2.24, 2.45) is 0 Å². The van der Waals surface area contributed by atoms with E-state index in [1.54, 1.807) is 0 Å². The Morgan fingerprint density at radius 1 is 1.26 bits per heavy atom. The van der Waals surface area contributed by atoms with Gasteiger partial charge in [-0.05, 0) is 44.5 Å². The van der Waals surface area contributed by atoms with Crippen LogP contribution in [0.5, 0.6) is 5.75 Å². The maximum Gasteiger partial charge on any atom is 0.307 e. The highest BCUT2D eigenvalue weighted by molar-refractivity contribution is 7.09. The molecule has 1 heterocycles. The third-order valence-electron chi connectivity index (χ3n) is 3.05. The van der Waals surface area contributed by atoms with Crippen LogP contribution in [0.4, 0.5) is 5.69 Å². The molecule has 0 spiro atoms. The monoisotopic (exact) mass is 278 g/mol. The summed E-state index contributed by atoms with van der Waals surface area (Å²) < 4.78 is 7.41. The zero-order valence-electron chi connectivity index (χ0n) is 11.2. The van der Waals surface area contributed by atoms with Crippen LogP contribution in [-0.4, -0.2) is 11.2 Å². The average Bonchev–Trinajstić information content (AvgIpc) is 2.62. The van der Waals surface area contributed by atoms with Gasteiger partial charge in [0.25, 0.3) is 0 Å². The molecule has 0 atom stereocenters. The summed E-state index contributed by atoms with van der Waals surface area (Å²) in [5, 5.41) is 0. The van der Waals surface area contributed by atoms with E-state index in [-0.39, 0.29) is 4.87 Å². The number of aromatic nitrogens is 1. The van der Waals surface area contributed by atoms with Crippen LogP contribution in [0, 0.1) is 13.8 Å². The topological polar surface area (TPSA) is 57.2 Å². The van der Waals surface area contributed by atoms with Gasteiger partial charge >= 0.3 is 4.87 Å². The smallest absolute Gasteiger partial charge is 0.307 e. The molecule has 2 rings (SSSR count). The minimum absolute atomic E-state index is 0.113. The first kappa shape index (κ1) is 13.7. The molecule has 0 aliphatic carbocycles. The maximum absolute atomic E-state index is 11.7. The van der Waals surface area contributed by atoms with Gasteiger partial charge in [0.15, 0.2) is 0 Å². The summed E-state index contributed by atoms with van der Waals surface area (Å²) in [5.41, 5.74) is 7.38. The zero-order chi connectivity index (χ0) is 13.8. The van der Waals surface area contributed by atoms with Gasteiger partial charge in [-0.1, -0.05) is 11.3 Å². The van der Waals surface area contributed by atoms with E-state index in [9.17, 15) is 4.79 Å². The quantitative estimate of drug-likeness (QED) is 0.675. The highest BCUT2D eigenvalue weighted by Crippen LogP contribution is 2.14. The lowest BCUT2D eigenvalue weighted by atomic mass is 10.3. The number of nitrogens with zero attached hydrogens (tertiary/aromatic N) is 1. The molecule has 102 valence electrons. The van der Waals surface area contributed by atoms with E-state index in [1.807, 2.05) is 42.7 Å². The number of thiazole rings is 1. The molecule has 1 aromatic heterocycles. The normalized spacial score (nSPS) is 10.6. The molecular weight excluding hydrogens is 260 g/mol. The second-order valence-corrected chi connectivity index (χ2v) is 5.60. The number of rotatable bonds is 5. The summed E-state index contributed by atoms with van der Waals surface area (Å²) in [7, 11) is 0. The van der Waals surface area contributed by atoms with Crippen LogP contribution < -0.4 is 15.3 Å². The van der Waals surface area contributed by atoms with Crippen LogP contribution in [-0.2, 0) is 6.54 Å². The number of nitrogens with two attached hydrogens (primary N) is 1. The van der Waals surface area contributed by atoms with E-state index in [4.69, 9.17) is 10.5 Å². The molecule has 1 aromatic carbocycles. The predicted octanol–water partition coefficient (Wildman–Crippen LogP) is 2.58. The van der Waals surface area contributed by atoms with Crippen molar-refractivity contribution in [2.75, 3.05) is 12.3 Å². The van der Waals surface area contributed by atoms with E-state index < -0.39 is 0 Å². The Kier molecular flexibility index (Phi) is 4.27. The fraction of sp³-hybridized carbons (Fsp3) is 0.357. The minimum Gasteiger partial charge on any atom is -0.494 e. The number of benzene rings is 1. The van der Waals surface area contributed by atoms with Crippen molar-refractivity contribution in [1.82, 2.24) is 4.57 Å². The summed E-state index contributed by atoms with van der Waals surface area (Å²) in [5.74, 6) is 0.805. The highest BCUT2D eigenvalue weighted by atomic mass is 32.1. The van der Waals surface area contributed by atoms with Gasteiger partial charge < -0.3 is 15.0 Å². The van der Waals surface area contributed by atoms with Crippen molar-refractivity contribution in [3.05, 3.63) is 44.5 Å². The van der Waals surface area contributed by atoms with Crippen molar-refractivity contribution in [2.45, 2.75) is 26.8 Å². The Hall–Kier alpha value is -1.75.